The summed E-state index contributed by atoms with van der Waals surface area (Å²) in [5.74, 6) is 2.74. The highest BCUT2D eigenvalue weighted by Crippen LogP contribution is 2.48. The molecule has 0 amide bonds. The summed E-state index contributed by atoms with van der Waals surface area (Å²) >= 11 is 0. The Hall–Kier alpha value is -0.300. The van der Waals surface area contributed by atoms with Crippen LogP contribution in [-0.2, 0) is 0 Å². The predicted molar refractivity (Wildman–Crippen MR) is 68.2 cm³/mol. The van der Waals surface area contributed by atoms with E-state index < -0.39 is 5.60 Å². The van der Waals surface area contributed by atoms with E-state index >= 15 is 0 Å². The van der Waals surface area contributed by atoms with Crippen molar-refractivity contribution in [1.29, 1.82) is 0 Å². The Morgan fingerprint density at radius 1 is 1.25 bits per heavy atom. The van der Waals surface area contributed by atoms with Gasteiger partial charge in [-0.2, -0.15) is 0 Å². The van der Waals surface area contributed by atoms with Crippen molar-refractivity contribution in [3.8, 4) is 0 Å². The molecule has 2 rings (SSSR count). The van der Waals surface area contributed by atoms with Gasteiger partial charge in [0.2, 0.25) is 0 Å². The lowest BCUT2D eigenvalue weighted by Gasteiger charge is -2.47. The maximum Gasteiger partial charge on any atom is 0.0625 e. The van der Waals surface area contributed by atoms with Gasteiger partial charge in [-0.05, 0) is 63.7 Å². The van der Waals surface area contributed by atoms with E-state index in [0.717, 1.165) is 11.8 Å². The van der Waals surface area contributed by atoms with Crippen LogP contribution in [0.2, 0.25) is 0 Å². The zero-order chi connectivity index (χ0) is 11.9. The normalized spacial score (nSPS) is 40.2. The van der Waals surface area contributed by atoms with Gasteiger partial charge in [0, 0.05) is 0 Å². The smallest absolute Gasteiger partial charge is 0.0625 e. The van der Waals surface area contributed by atoms with E-state index in [1.807, 2.05) is 13.8 Å². The van der Waals surface area contributed by atoms with Crippen molar-refractivity contribution < 1.29 is 5.11 Å². The first kappa shape index (κ1) is 12.2. The Morgan fingerprint density at radius 2 is 1.94 bits per heavy atom. The third-order valence-corrected chi connectivity index (χ3v) is 4.88. The Labute approximate surface area is 99.9 Å². The minimum absolute atomic E-state index is 0.462. The summed E-state index contributed by atoms with van der Waals surface area (Å²) in [6.07, 6.45) is 7.55. The lowest BCUT2D eigenvalue weighted by molar-refractivity contribution is -0.0465. The molecule has 4 atom stereocenters. The maximum absolute atomic E-state index is 10.3. The maximum atomic E-state index is 10.3. The van der Waals surface area contributed by atoms with Gasteiger partial charge in [0.25, 0.3) is 0 Å². The van der Waals surface area contributed by atoms with Crippen molar-refractivity contribution in [2.75, 3.05) is 0 Å². The second kappa shape index (κ2) is 4.18. The Balaban J connectivity index is 2.26. The van der Waals surface area contributed by atoms with Crippen molar-refractivity contribution in [2.24, 2.45) is 23.7 Å². The van der Waals surface area contributed by atoms with E-state index in [-0.39, 0.29) is 0 Å². The molecule has 0 aliphatic heterocycles. The second-order valence-corrected chi connectivity index (χ2v) is 6.61. The molecule has 1 saturated carbocycles. The van der Waals surface area contributed by atoms with Gasteiger partial charge < -0.3 is 5.11 Å². The molecule has 1 nitrogen and oxygen atoms in total. The first-order valence-corrected chi connectivity index (χ1v) is 6.79. The van der Waals surface area contributed by atoms with Gasteiger partial charge in [-0.15, -0.1) is 0 Å². The lowest BCUT2D eigenvalue weighted by atomic mass is 9.59. The van der Waals surface area contributed by atoms with Gasteiger partial charge in [0.1, 0.15) is 0 Å². The highest BCUT2D eigenvalue weighted by molar-refractivity contribution is 5.12. The van der Waals surface area contributed by atoms with Gasteiger partial charge in [-0.1, -0.05) is 25.0 Å². The molecule has 92 valence electrons. The van der Waals surface area contributed by atoms with E-state index in [4.69, 9.17) is 0 Å². The Bertz CT molecular complexity index is 284. The van der Waals surface area contributed by atoms with Crippen LogP contribution in [0.3, 0.4) is 0 Å². The van der Waals surface area contributed by atoms with Crippen molar-refractivity contribution in [3.05, 3.63) is 11.6 Å². The Morgan fingerprint density at radius 3 is 2.56 bits per heavy atom. The molecular weight excluding hydrogens is 196 g/mol. The molecule has 2 aliphatic rings. The molecule has 0 spiro atoms. The van der Waals surface area contributed by atoms with Gasteiger partial charge in [0.15, 0.2) is 0 Å². The summed E-state index contributed by atoms with van der Waals surface area (Å²) < 4.78 is 0. The van der Waals surface area contributed by atoms with E-state index in [0.29, 0.717) is 11.8 Å². The number of rotatable bonds is 1. The quantitative estimate of drug-likeness (QED) is 0.669. The molecule has 0 saturated heterocycles. The fourth-order valence-corrected chi connectivity index (χ4v) is 3.87. The molecular formula is C15H26O. The van der Waals surface area contributed by atoms with Crippen LogP contribution in [0.25, 0.3) is 0 Å². The van der Waals surface area contributed by atoms with Crippen LogP contribution in [0.4, 0.5) is 0 Å². The van der Waals surface area contributed by atoms with Crippen LogP contribution in [0, 0.1) is 23.7 Å². The molecule has 0 bridgehead atoms. The highest BCUT2D eigenvalue weighted by atomic mass is 16.3. The fraction of sp³-hybridized carbons (Fsp3) is 0.867. The lowest BCUT2D eigenvalue weighted by Crippen LogP contribution is -2.44. The average Bonchev–Trinajstić information content (AvgIpc) is 2.15. The average molecular weight is 222 g/mol. The Kier molecular flexibility index (Phi) is 3.18. The molecule has 16 heavy (non-hydrogen) atoms. The zero-order valence-corrected chi connectivity index (χ0v) is 11.2. The van der Waals surface area contributed by atoms with Gasteiger partial charge in [-0.25, -0.2) is 0 Å². The number of fused-ring (bicyclic) bond motifs is 1. The van der Waals surface area contributed by atoms with Crippen LogP contribution in [0.15, 0.2) is 11.6 Å². The van der Waals surface area contributed by atoms with Crippen LogP contribution < -0.4 is 0 Å². The number of aliphatic hydroxyl groups is 1. The molecule has 1 fully saturated rings. The van der Waals surface area contributed by atoms with Crippen LogP contribution >= 0.6 is 0 Å². The summed E-state index contributed by atoms with van der Waals surface area (Å²) in [7, 11) is 0. The summed E-state index contributed by atoms with van der Waals surface area (Å²) in [4.78, 5) is 0. The first-order chi connectivity index (χ1) is 7.39. The van der Waals surface area contributed by atoms with E-state index in [1.165, 1.54) is 31.3 Å². The molecule has 1 heteroatoms. The summed E-state index contributed by atoms with van der Waals surface area (Å²) in [5, 5.41) is 10.3. The van der Waals surface area contributed by atoms with E-state index in [2.05, 4.69) is 19.9 Å². The third-order valence-electron chi connectivity index (χ3n) is 4.88. The van der Waals surface area contributed by atoms with E-state index in [1.54, 1.807) is 0 Å². The number of hydrogen-bond acceptors (Lipinski definition) is 1. The second-order valence-electron chi connectivity index (χ2n) is 6.61. The van der Waals surface area contributed by atoms with Gasteiger partial charge in [-0.3, -0.25) is 0 Å². The SMILES string of the molecule is CC1=CC2C(CC1)C(C)CCC2C(C)(C)O. The van der Waals surface area contributed by atoms with Crippen molar-refractivity contribution in [3.63, 3.8) is 0 Å². The molecule has 1 N–H and O–H groups in total. The topological polar surface area (TPSA) is 20.2 Å². The predicted octanol–water partition coefficient (Wildman–Crippen LogP) is 3.78. The zero-order valence-electron chi connectivity index (χ0n) is 11.2. The van der Waals surface area contributed by atoms with Gasteiger partial charge >= 0.3 is 0 Å². The monoisotopic (exact) mass is 222 g/mol. The van der Waals surface area contributed by atoms with Crippen LogP contribution in [0.1, 0.15) is 53.4 Å². The number of allylic oxidation sites excluding steroid dienone is 2. The molecule has 4 unspecified atom stereocenters. The fourth-order valence-electron chi connectivity index (χ4n) is 3.87. The van der Waals surface area contributed by atoms with Gasteiger partial charge in [0.05, 0.1) is 5.60 Å². The molecule has 0 heterocycles. The minimum Gasteiger partial charge on any atom is -0.390 e. The number of hydrogen-bond donors (Lipinski definition) is 1. The molecule has 0 radical (unpaired) electrons. The van der Waals surface area contributed by atoms with Crippen LogP contribution in [-0.4, -0.2) is 10.7 Å². The van der Waals surface area contributed by atoms with Crippen molar-refractivity contribution >= 4 is 0 Å². The largest absolute Gasteiger partial charge is 0.390 e. The third kappa shape index (κ3) is 2.20. The van der Waals surface area contributed by atoms with Crippen LogP contribution in [0.5, 0.6) is 0 Å². The summed E-state index contributed by atoms with van der Waals surface area (Å²) in [6.45, 7) is 8.62. The first-order valence-electron chi connectivity index (χ1n) is 6.79. The standard InChI is InChI=1S/C15H26O/c1-10-5-7-12-11(2)6-8-14(13(12)9-10)15(3,4)16/h9,11-14,16H,5-8H2,1-4H3. The van der Waals surface area contributed by atoms with E-state index in [9.17, 15) is 5.11 Å². The highest BCUT2D eigenvalue weighted by Gasteiger charge is 2.43. The molecule has 0 aromatic rings. The minimum atomic E-state index is -0.517. The van der Waals surface area contributed by atoms with Crippen molar-refractivity contribution in [1.82, 2.24) is 0 Å². The molecule has 2 aliphatic carbocycles. The molecule has 0 aromatic carbocycles. The summed E-state index contributed by atoms with van der Waals surface area (Å²) in [6, 6.07) is 0. The molecule has 0 aromatic heterocycles. The summed E-state index contributed by atoms with van der Waals surface area (Å²) in [5.41, 5.74) is 1.02. The van der Waals surface area contributed by atoms with Crippen molar-refractivity contribution in [2.45, 2.75) is 59.0 Å².